The second-order valence-corrected chi connectivity index (χ2v) is 5.05. The molecule has 3 rings (SSSR count). The van der Waals surface area contributed by atoms with Gasteiger partial charge in [0, 0.05) is 4.47 Å². The Morgan fingerprint density at radius 3 is 2.72 bits per heavy atom. The average molecular weight is 324 g/mol. The van der Waals surface area contributed by atoms with Crippen molar-refractivity contribution in [3.05, 3.63) is 45.9 Å². The molecule has 18 heavy (non-hydrogen) atoms. The van der Waals surface area contributed by atoms with Gasteiger partial charge in [0.15, 0.2) is 5.58 Å². The minimum atomic E-state index is 0.467. The number of nitrogens with zero attached hydrogens (tertiary/aromatic N) is 1. The van der Waals surface area contributed by atoms with Crippen molar-refractivity contribution < 1.29 is 4.42 Å². The molecular weight excluding hydrogens is 316 g/mol. The van der Waals surface area contributed by atoms with Crippen molar-refractivity contribution in [3.63, 3.8) is 0 Å². The molecule has 0 aliphatic carbocycles. The molecule has 0 aliphatic heterocycles. The molecule has 1 heterocycles. The summed E-state index contributed by atoms with van der Waals surface area (Å²) in [6.45, 7) is 0. The minimum Gasteiger partial charge on any atom is -0.436 e. The topological polar surface area (TPSA) is 52.0 Å². The summed E-state index contributed by atoms with van der Waals surface area (Å²) in [5, 5.41) is 0.572. The van der Waals surface area contributed by atoms with Crippen LogP contribution >= 0.6 is 27.5 Å². The quantitative estimate of drug-likeness (QED) is 0.671. The van der Waals surface area contributed by atoms with Gasteiger partial charge in [-0.1, -0.05) is 23.7 Å². The Morgan fingerprint density at radius 1 is 1.17 bits per heavy atom. The van der Waals surface area contributed by atoms with Crippen LogP contribution in [0, 0.1) is 0 Å². The van der Waals surface area contributed by atoms with Gasteiger partial charge in [0.25, 0.3) is 0 Å². The first kappa shape index (κ1) is 11.6. The van der Waals surface area contributed by atoms with Gasteiger partial charge < -0.3 is 10.2 Å². The van der Waals surface area contributed by atoms with Crippen LogP contribution in [0.2, 0.25) is 5.02 Å². The van der Waals surface area contributed by atoms with E-state index < -0.39 is 0 Å². The summed E-state index contributed by atoms with van der Waals surface area (Å²) in [6.07, 6.45) is 0. The van der Waals surface area contributed by atoms with Crippen molar-refractivity contribution in [3.8, 4) is 11.5 Å². The summed E-state index contributed by atoms with van der Waals surface area (Å²) in [4.78, 5) is 4.39. The van der Waals surface area contributed by atoms with Crippen LogP contribution in [0.25, 0.3) is 22.6 Å². The molecule has 0 saturated carbocycles. The number of benzene rings is 2. The SMILES string of the molecule is Nc1cccc2oc(-c3cccc(Br)c3Cl)nc12. The van der Waals surface area contributed by atoms with E-state index in [1.807, 2.05) is 30.3 Å². The molecule has 0 bridgehead atoms. The van der Waals surface area contributed by atoms with E-state index in [9.17, 15) is 0 Å². The van der Waals surface area contributed by atoms with Crippen molar-refractivity contribution in [1.29, 1.82) is 0 Å². The third kappa shape index (κ3) is 1.78. The molecular formula is C13H8BrClN2O. The molecule has 90 valence electrons. The van der Waals surface area contributed by atoms with Gasteiger partial charge in [-0.05, 0) is 40.2 Å². The lowest BCUT2D eigenvalue weighted by molar-refractivity contribution is 0.620. The Kier molecular flexibility index (Phi) is 2.76. The molecule has 0 aliphatic rings. The van der Waals surface area contributed by atoms with E-state index in [1.165, 1.54) is 0 Å². The van der Waals surface area contributed by atoms with E-state index in [0.717, 1.165) is 10.0 Å². The van der Waals surface area contributed by atoms with E-state index in [2.05, 4.69) is 20.9 Å². The fraction of sp³-hybridized carbons (Fsp3) is 0. The van der Waals surface area contributed by atoms with Crippen LogP contribution in [-0.4, -0.2) is 4.98 Å². The molecule has 0 atom stereocenters. The lowest BCUT2D eigenvalue weighted by atomic mass is 10.2. The Bertz CT molecular complexity index is 739. The monoisotopic (exact) mass is 322 g/mol. The highest BCUT2D eigenvalue weighted by Gasteiger charge is 2.14. The van der Waals surface area contributed by atoms with Crippen molar-refractivity contribution in [2.24, 2.45) is 0 Å². The van der Waals surface area contributed by atoms with Gasteiger partial charge >= 0.3 is 0 Å². The first-order valence-electron chi connectivity index (χ1n) is 5.26. The third-order valence-electron chi connectivity index (χ3n) is 2.63. The Balaban J connectivity index is 2.26. The summed E-state index contributed by atoms with van der Waals surface area (Å²) < 4.78 is 6.48. The lowest BCUT2D eigenvalue weighted by Crippen LogP contribution is -1.85. The van der Waals surface area contributed by atoms with Crippen LogP contribution in [0.15, 0.2) is 45.3 Å². The third-order valence-corrected chi connectivity index (χ3v) is 3.93. The standard InChI is InChI=1S/C13H8BrClN2O/c14-8-4-1-3-7(11(8)15)13-17-12-9(16)5-2-6-10(12)18-13/h1-6H,16H2. The largest absolute Gasteiger partial charge is 0.436 e. The van der Waals surface area contributed by atoms with Gasteiger partial charge in [-0.2, -0.15) is 0 Å². The number of rotatable bonds is 1. The Labute approximate surface area is 117 Å². The number of halogens is 2. The number of hydrogen-bond acceptors (Lipinski definition) is 3. The van der Waals surface area contributed by atoms with Crippen LogP contribution < -0.4 is 5.73 Å². The first-order chi connectivity index (χ1) is 8.66. The van der Waals surface area contributed by atoms with Gasteiger partial charge in [-0.3, -0.25) is 0 Å². The van der Waals surface area contributed by atoms with Crippen LogP contribution in [0.3, 0.4) is 0 Å². The van der Waals surface area contributed by atoms with E-state index >= 15 is 0 Å². The van der Waals surface area contributed by atoms with Crippen molar-refractivity contribution in [1.82, 2.24) is 4.98 Å². The summed E-state index contributed by atoms with van der Waals surface area (Å²) in [7, 11) is 0. The van der Waals surface area contributed by atoms with Gasteiger partial charge in [-0.25, -0.2) is 4.98 Å². The zero-order valence-corrected chi connectivity index (χ0v) is 11.5. The van der Waals surface area contributed by atoms with Gasteiger partial charge in [0.1, 0.15) is 5.52 Å². The Hall–Kier alpha value is -1.52. The van der Waals surface area contributed by atoms with Crippen LogP contribution in [0.4, 0.5) is 5.69 Å². The molecule has 3 aromatic rings. The molecule has 1 aromatic heterocycles. The van der Waals surface area contributed by atoms with Gasteiger partial charge in [0.2, 0.25) is 5.89 Å². The predicted octanol–water partition coefficient (Wildman–Crippen LogP) is 4.49. The van der Waals surface area contributed by atoms with E-state index in [4.69, 9.17) is 21.8 Å². The molecule has 3 nitrogen and oxygen atoms in total. The summed E-state index contributed by atoms with van der Waals surface area (Å²) in [6, 6.07) is 11.0. The number of anilines is 1. The van der Waals surface area contributed by atoms with Gasteiger partial charge in [-0.15, -0.1) is 0 Å². The molecule has 0 unspecified atom stereocenters. The number of nitrogens with two attached hydrogens (primary N) is 1. The molecule has 2 aromatic carbocycles. The van der Waals surface area contributed by atoms with Gasteiger partial charge in [0.05, 0.1) is 16.3 Å². The maximum absolute atomic E-state index is 6.22. The lowest BCUT2D eigenvalue weighted by Gasteiger charge is -2.00. The summed E-state index contributed by atoms with van der Waals surface area (Å²) in [5.41, 5.74) is 8.49. The van der Waals surface area contributed by atoms with Crippen LogP contribution in [-0.2, 0) is 0 Å². The van der Waals surface area contributed by atoms with Crippen LogP contribution in [0.5, 0.6) is 0 Å². The number of nitrogen functional groups attached to an aromatic ring is 1. The second-order valence-electron chi connectivity index (χ2n) is 3.81. The molecule has 0 spiro atoms. The zero-order chi connectivity index (χ0) is 12.7. The highest BCUT2D eigenvalue weighted by atomic mass is 79.9. The van der Waals surface area contributed by atoms with Crippen molar-refractivity contribution in [2.75, 3.05) is 5.73 Å². The smallest absolute Gasteiger partial charge is 0.228 e. The van der Waals surface area contributed by atoms with E-state index in [-0.39, 0.29) is 0 Å². The minimum absolute atomic E-state index is 0.467. The second kappa shape index (κ2) is 4.30. The first-order valence-corrected chi connectivity index (χ1v) is 6.43. The molecule has 2 N–H and O–H groups in total. The fourth-order valence-corrected chi connectivity index (χ4v) is 2.33. The van der Waals surface area contributed by atoms with Crippen molar-refractivity contribution >= 4 is 44.3 Å². The maximum atomic E-state index is 6.22. The highest BCUT2D eigenvalue weighted by molar-refractivity contribution is 9.10. The Morgan fingerprint density at radius 2 is 1.94 bits per heavy atom. The maximum Gasteiger partial charge on any atom is 0.228 e. The summed E-state index contributed by atoms with van der Waals surface area (Å²) in [5.74, 6) is 0.467. The molecule has 0 fully saturated rings. The number of oxazole rings is 1. The summed E-state index contributed by atoms with van der Waals surface area (Å²) >= 11 is 9.59. The number of aromatic nitrogens is 1. The van der Waals surface area contributed by atoms with Crippen LogP contribution in [0.1, 0.15) is 0 Å². The number of para-hydroxylation sites is 1. The van der Waals surface area contributed by atoms with E-state index in [0.29, 0.717) is 27.7 Å². The van der Waals surface area contributed by atoms with Crippen molar-refractivity contribution in [2.45, 2.75) is 0 Å². The fourth-order valence-electron chi connectivity index (χ4n) is 1.75. The highest BCUT2D eigenvalue weighted by Crippen LogP contribution is 2.35. The molecule has 0 radical (unpaired) electrons. The average Bonchev–Trinajstić information content (AvgIpc) is 2.78. The number of fused-ring (bicyclic) bond motifs is 1. The molecule has 0 saturated heterocycles. The molecule has 5 heteroatoms. The van der Waals surface area contributed by atoms with E-state index in [1.54, 1.807) is 6.07 Å². The normalized spacial score (nSPS) is 11.0. The molecule has 0 amide bonds. The zero-order valence-electron chi connectivity index (χ0n) is 9.15. The predicted molar refractivity (Wildman–Crippen MR) is 76.6 cm³/mol. The number of hydrogen-bond donors (Lipinski definition) is 1.